The number of amides is 1. The highest BCUT2D eigenvalue weighted by Crippen LogP contribution is 2.22. The van der Waals surface area contributed by atoms with Gasteiger partial charge < -0.3 is 15.1 Å². The van der Waals surface area contributed by atoms with E-state index in [4.69, 9.17) is 4.42 Å². The number of carbonyl (C=O) groups excluding carboxylic acids is 1. The van der Waals surface area contributed by atoms with Crippen LogP contribution in [0.25, 0.3) is 10.9 Å². The number of fused-ring (bicyclic) bond motifs is 1. The predicted molar refractivity (Wildman–Crippen MR) is 88.4 cm³/mol. The molecule has 0 spiro atoms. The number of benzene rings is 1. The van der Waals surface area contributed by atoms with Crippen molar-refractivity contribution >= 4 is 16.8 Å². The SMILES string of the molecule is Cn1cc2ccc(CNC(=O)c3coc([C@@H]4CCCN4)n3)cc2n1. The lowest BCUT2D eigenvalue weighted by atomic mass is 10.1. The van der Waals surface area contributed by atoms with Gasteiger partial charge in [0.25, 0.3) is 5.91 Å². The van der Waals surface area contributed by atoms with Gasteiger partial charge in [-0.1, -0.05) is 12.1 Å². The Morgan fingerprint density at radius 1 is 1.50 bits per heavy atom. The van der Waals surface area contributed by atoms with Gasteiger partial charge in [-0.2, -0.15) is 5.10 Å². The molecule has 3 aromatic rings. The summed E-state index contributed by atoms with van der Waals surface area (Å²) in [6, 6.07) is 6.09. The second kappa shape index (κ2) is 6.09. The highest BCUT2D eigenvalue weighted by Gasteiger charge is 2.22. The van der Waals surface area contributed by atoms with Gasteiger partial charge in [0.05, 0.1) is 11.6 Å². The van der Waals surface area contributed by atoms with Gasteiger partial charge >= 0.3 is 0 Å². The molecule has 7 heteroatoms. The number of carbonyl (C=O) groups is 1. The van der Waals surface area contributed by atoms with Crippen LogP contribution in [-0.4, -0.2) is 27.2 Å². The van der Waals surface area contributed by atoms with Gasteiger partial charge in [-0.25, -0.2) is 4.98 Å². The average molecular weight is 325 g/mol. The van der Waals surface area contributed by atoms with Crippen LogP contribution in [0.5, 0.6) is 0 Å². The van der Waals surface area contributed by atoms with E-state index in [9.17, 15) is 4.79 Å². The number of rotatable bonds is 4. The van der Waals surface area contributed by atoms with E-state index in [2.05, 4.69) is 20.7 Å². The van der Waals surface area contributed by atoms with Crippen molar-refractivity contribution in [3.63, 3.8) is 0 Å². The molecule has 4 rings (SSSR count). The quantitative estimate of drug-likeness (QED) is 0.765. The number of aryl methyl sites for hydroxylation is 1. The Balaban J connectivity index is 1.41. The van der Waals surface area contributed by atoms with Crippen LogP contribution in [-0.2, 0) is 13.6 Å². The lowest BCUT2D eigenvalue weighted by Gasteiger charge is -2.04. The maximum absolute atomic E-state index is 12.2. The summed E-state index contributed by atoms with van der Waals surface area (Å²) in [4.78, 5) is 16.5. The lowest BCUT2D eigenvalue weighted by molar-refractivity contribution is 0.0946. The van der Waals surface area contributed by atoms with Crippen molar-refractivity contribution in [1.29, 1.82) is 0 Å². The van der Waals surface area contributed by atoms with E-state index < -0.39 is 0 Å². The maximum Gasteiger partial charge on any atom is 0.273 e. The van der Waals surface area contributed by atoms with E-state index in [1.165, 1.54) is 6.26 Å². The van der Waals surface area contributed by atoms with Crippen LogP contribution >= 0.6 is 0 Å². The number of hydrogen-bond acceptors (Lipinski definition) is 5. The smallest absolute Gasteiger partial charge is 0.273 e. The van der Waals surface area contributed by atoms with Crippen LogP contribution < -0.4 is 10.6 Å². The fourth-order valence-corrected chi connectivity index (χ4v) is 3.02. The highest BCUT2D eigenvalue weighted by molar-refractivity contribution is 5.92. The normalized spacial score (nSPS) is 17.5. The largest absolute Gasteiger partial charge is 0.446 e. The molecule has 1 amide bonds. The molecule has 7 nitrogen and oxygen atoms in total. The molecule has 0 saturated carbocycles. The van der Waals surface area contributed by atoms with Crippen LogP contribution in [0.3, 0.4) is 0 Å². The number of hydrogen-bond donors (Lipinski definition) is 2. The van der Waals surface area contributed by atoms with Crippen molar-refractivity contribution in [2.75, 3.05) is 6.54 Å². The monoisotopic (exact) mass is 325 g/mol. The molecule has 3 heterocycles. The van der Waals surface area contributed by atoms with Gasteiger partial charge in [-0.15, -0.1) is 0 Å². The first kappa shape index (κ1) is 14.9. The summed E-state index contributed by atoms with van der Waals surface area (Å²) < 4.78 is 7.21. The minimum atomic E-state index is -0.232. The van der Waals surface area contributed by atoms with Crippen LogP contribution in [0.4, 0.5) is 0 Å². The summed E-state index contributed by atoms with van der Waals surface area (Å²) in [5.41, 5.74) is 2.23. The molecule has 2 N–H and O–H groups in total. The lowest BCUT2D eigenvalue weighted by Crippen LogP contribution is -2.23. The first-order valence-corrected chi connectivity index (χ1v) is 8.08. The van der Waals surface area contributed by atoms with Gasteiger partial charge in [0.2, 0.25) is 5.89 Å². The van der Waals surface area contributed by atoms with E-state index in [1.54, 1.807) is 4.68 Å². The molecule has 124 valence electrons. The zero-order chi connectivity index (χ0) is 16.5. The van der Waals surface area contributed by atoms with E-state index in [0.29, 0.717) is 18.1 Å². The molecular weight excluding hydrogens is 306 g/mol. The summed E-state index contributed by atoms with van der Waals surface area (Å²) in [6.45, 7) is 1.39. The Hall–Kier alpha value is -2.67. The third-order valence-electron chi connectivity index (χ3n) is 4.25. The van der Waals surface area contributed by atoms with Gasteiger partial charge in [-0.05, 0) is 31.0 Å². The molecule has 0 aliphatic carbocycles. The second-order valence-corrected chi connectivity index (χ2v) is 6.10. The Kier molecular flexibility index (Phi) is 3.78. The molecule has 1 atom stereocenters. The van der Waals surface area contributed by atoms with Gasteiger partial charge in [0.1, 0.15) is 6.26 Å². The van der Waals surface area contributed by atoms with Crippen LogP contribution in [0, 0.1) is 0 Å². The Morgan fingerprint density at radius 2 is 2.42 bits per heavy atom. The molecule has 0 radical (unpaired) electrons. The van der Waals surface area contributed by atoms with Crippen molar-refractivity contribution in [3.8, 4) is 0 Å². The van der Waals surface area contributed by atoms with Crippen molar-refractivity contribution < 1.29 is 9.21 Å². The summed E-state index contributed by atoms with van der Waals surface area (Å²) in [5.74, 6) is 0.358. The molecular formula is C17H19N5O2. The van der Waals surface area contributed by atoms with Crippen LogP contribution in [0.1, 0.15) is 40.8 Å². The van der Waals surface area contributed by atoms with E-state index >= 15 is 0 Å². The Labute approximate surface area is 139 Å². The number of aromatic nitrogens is 3. The standard InChI is InChI=1S/C17H19N5O2/c1-22-9-12-5-4-11(7-14(12)21-22)8-19-16(23)15-10-24-17(20-15)13-3-2-6-18-13/h4-5,7,9-10,13,18H,2-3,6,8H2,1H3,(H,19,23)/t13-/m0/s1. The average Bonchev–Trinajstić information content (AvgIpc) is 3.30. The Morgan fingerprint density at radius 3 is 3.25 bits per heavy atom. The fraction of sp³-hybridized carbons (Fsp3) is 0.353. The molecule has 1 aromatic carbocycles. The zero-order valence-corrected chi connectivity index (χ0v) is 13.5. The number of oxazole rings is 1. The molecule has 1 aliphatic rings. The summed E-state index contributed by atoms with van der Waals surface area (Å²) in [5, 5.41) is 11.6. The predicted octanol–water partition coefficient (Wildman–Crippen LogP) is 1.92. The summed E-state index contributed by atoms with van der Waals surface area (Å²) in [7, 11) is 1.89. The van der Waals surface area contributed by atoms with E-state index in [-0.39, 0.29) is 11.9 Å². The molecule has 1 aliphatic heterocycles. The van der Waals surface area contributed by atoms with E-state index in [1.807, 2.05) is 31.4 Å². The number of nitrogens with one attached hydrogen (secondary N) is 2. The van der Waals surface area contributed by atoms with Gasteiger partial charge in [-0.3, -0.25) is 9.48 Å². The summed E-state index contributed by atoms with van der Waals surface area (Å²) in [6.07, 6.45) is 5.48. The first-order chi connectivity index (χ1) is 11.7. The van der Waals surface area contributed by atoms with Gasteiger partial charge in [0.15, 0.2) is 5.69 Å². The third-order valence-corrected chi connectivity index (χ3v) is 4.25. The molecule has 2 aromatic heterocycles. The minimum Gasteiger partial charge on any atom is -0.446 e. The van der Waals surface area contributed by atoms with Crippen molar-refractivity contribution in [2.24, 2.45) is 7.05 Å². The first-order valence-electron chi connectivity index (χ1n) is 8.08. The van der Waals surface area contributed by atoms with Crippen LogP contribution in [0.2, 0.25) is 0 Å². The molecule has 1 saturated heterocycles. The molecule has 1 fully saturated rings. The second-order valence-electron chi connectivity index (χ2n) is 6.10. The maximum atomic E-state index is 12.2. The third kappa shape index (κ3) is 2.90. The van der Waals surface area contributed by atoms with Crippen molar-refractivity contribution in [1.82, 2.24) is 25.4 Å². The van der Waals surface area contributed by atoms with E-state index in [0.717, 1.165) is 35.9 Å². The molecule has 0 bridgehead atoms. The minimum absolute atomic E-state index is 0.123. The topological polar surface area (TPSA) is 85.0 Å². The van der Waals surface area contributed by atoms with Crippen LogP contribution in [0.15, 0.2) is 35.1 Å². The molecule has 0 unspecified atom stereocenters. The fourth-order valence-electron chi connectivity index (χ4n) is 3.02. The number of nitrogens with zero attached hydrogens (tertiary/aromatic N) is 3. The Bertz CT molecular complexity index is 876. The molecule has 24 heavy (non-hydrogen) atoms. The van der Waals surface area contributed by atoms with Crippen molar-refractivity contribution in [2.45, 2.75) is 25.4 Å². The summed E-state index contributed by atoms with van der Waals surface area (Å²) >= 11 is 0. The van der Waals surface area contributed by atoms with Crippen molar-refractivity contribution in [3.05, 3.63) is 47.8 Å². The van der Waals surface area contributed by atoms with Gasteiger partial charge in [0, 0.05) is 25.2 Å². The zero-order valence-electron chi connectivity index (χ0n) is 13.5. The highest BCUT2D eigenvalue weighted by atomic mass is 16.3.